The molecule has 2 nitrogen and oxygen atoms in total. The Bertz CT molecular complexity index is 291. The molecule has 4 heteroatoms. The molecule has 3 N–H and O–H groups in total. The van der Waals surface area contributed by atoms with Crippen LogP contribution in [0.25, 0.3) is 0 Å². The zero-order chi connectivity index (χ0) is 10.4. The van der Waals surface area contributed by atoms with E-state index in [1.54, 1.807) is 6.07 Å². The Morgan fingerprint density at radius 2 is 2.21 bits per heavy atom. The summed E-state index contributed by atoms with van der Waals surface area (Å²) >= 11 is 3.37. The summed E-state index contributed by atoms with van der Waals surface area (Å²) in [5.74, 6) is -0.205. The Balaban J connectivity index is 2.45. The van der Waals surface area contributed by atoms with Gasteiger partial charge in [-0.25, -0.2) is 4.39 Å². The molecule has 0 atom stereocenters. The highest BCUT2D eigenvalue weighted by molar-refractivity contribution is 9.10. The molecule has 0 amide bonds. The van der Waals surface area contributed by atoms with Gasteiger partial charge in [0.2, 0.25) is 0 Å². The van der Waals surface area contributed by atoms with E-state index in [1.165, 1.54) is 12.1 Å². The second-order valence-electron chi connectivity index (χ2n) is 3.05. The number of nitrogens with two attached hydrogens (primary N) is 1. The summed E-state index contributed by atoms with van der Waals surface area (Å²) < 4.78 is 13.8. The largest absolute Gasteiger partial charge is 0.330 e. The highest BCUT2D eigenvalue weighted by Crippen LogP contribution is 2.17. The van der Waals surface area contributed by atoms with Crippen molar-refractivity contribution in [1.82, 2.24) is 5.32 Å². The zero-order valence-electron chi connectivity index (χ0n) is 7.89. The third-order valence-electron chi connectivity index (χ3n) is 1.88. The molecular formula is C10H14BrFN2. The molecule has 1 aromatic rings. The summed E-state index contributed by atoms with van der Waals surface area (Å²) in [6.45, 7) is 2.20. The molecule has 0 fully saturated rings. The van der Waals surface area contributed by atoms with Gasteiger partial charge in [0.25, 0.3) is 0 Å². The van der Waals surface area contributed by atoms with Gasteiger partial charge in [-0.05, 0) is 43.3 Å². The van der Waals surface area contributed by atoms with E-state index in [9.17, 15) is 4.39 Å². The SMILES string of the molecule is NCCCNCc1cc(F)ccc1Br. The van der Waals surface area contributed by atoms with Gasteiger partial charge in [0.1, 0.15) is 5.82 Å². The van der Waals surface area contributed by atoms with E-state index >= 15 is 0 Å². The molecule has 0 spiro atoms. The van der Waals surface area contributed by atoms with Gasteiger partial charge >= 0.3 is 0 Å². The summed E-state index contributed by atoms with van der Waals surface area (Å²) in [5, 5.41) is 3.19. The maximum absolute atomic E-state index is 12.9. The minimum absolute atomic E-state index is 0.205. The van der Waals surface area contributed by atoms with Crippen LogP contribution in [0.4, 0.5) is 4.39 Å². The van der Waals surface area contributed by atoms with E-state index in [0.29, 0.717) is 13.1 Å². The molecule has 0 radical (unpaired) electrons. The molecule has 0 aliphatic rings. The minimum Gasteiger partial charge on any atom is -0.330 e. The molecule has 14 heavy (non-hydrogen) atoms. The van der Waals surface area contributed by atoms with Crippen LogP contribution in [0.1, 0.15) is 12.0 Å². The van der Waals surface area contributed by atoms with Crippen LogP contribution in [0.15, 0.2) is 22.7 Å². The molecule has 0 aromatic heterocycles. The maximum atomic E-state index is 12.9. The Hall–Kier alpha value is -0.450. The second-order valence-corrected chi connectivity index (χ2v) is 3.91. The van der Waals surface area contributed by atoms with Crippen molar-refractivity contribution >= 4 is 15.9 Å². The summed E-state index contributed by atoms with van der Waals surface area (Å²) in [6.07, 6.45) is 0.937. The summed E-state index contributed by atoms with van der Waals surface area (Å²) in [4.78, 5) is 0. The molecular weight excluding hydrogens is 247 g/mol. The van der Waals surface area contributed by atoms with Crippen molar-refractivity contribution in [3.63, 3.8) is 0 Å². The van der Waals surface area contributed by atoms with Gasteiger partial charge in [0, 0.05) is 11.0 Å². The monoisotopic (exact) mass is 260 g/mol. The lowest BCUT2D eigenvalue weighted by molar-refractivity contribution is 0.616. The van der Waals surface area contributed by atoms with Crippen LogP contribution in [-0.2, 0) is 6.54 Å². The number of rotatable bonds is 5. The molecule has 0 aliphatic carbocycles. The molecule has 0 bridgehead atoms. The molecule has 0 heterocycles. The van der Waals surface area contributed by atoms with Crippen molar-refractivity contribution < 1.29 is 4.39 Å². The fourth-order valence-electron chi connectivity index (χ4n) is 1.13. The van der Waals surface area contributed by atoms with Gasteiger partial charge in [-0.2, -0.15) is 0 Å². The first-order valence-corrected chi connectivity index (χ1v) is 5.38. The highest BCUT2D eigenvalue weighted by Gasteiger charge is 2.00. The van der Waals surface area contributed by atoms with Crippen LogP contribution in [0.3, 0.4) is 0 Å². The first-order chi connectivity index (χ1) is 6.74. The first kappa shape index (κ1) is 11.6. The van der Waals surface area contributed by atoms with Crippen molar-refractivity contribution in [2.75, 3.05) is 13.1 Å². The smallest absolute Gasteiger partial charge is 0.123 e. The fraction of sp³-hybridized carbons (Fsp3) is 0.400. The summed E-state index contributed by atoms with van der Waals surface area (Å²) in [7, 11) is 0. The summed E-state index contributed by atoms with van der Waals surface area (Å²) in [5.41, 5.74) is 6.29. The van der Waals surface area contributed by atoms with E-state index in [4.69, 9.17) is 5.73 Å². The Kier molecular flexibility index (Phi) is 5.07. The normalized spacial score (nSPS) is 10.5. The second kappa shape index (κ2) is 6.11. The maximum Gasteiger partial charge on any atom is 0.123 e. The number of benzene rings is 1. The highest BCUT2D eigenvalue weighted by atomic mass is 79.9. The fourth-order valence-corrected chi connectivity index (χ4v) is 1.52. The van der Waals surface area contributed by atoms with Gasteiger partial charge in [0.15, 0.2) is 0 Å². The number of halogens is 2. The number of hydrogen-bond donors (Lipinski definition) is 2. The molecule has 1 aromatic carbocycles. The van der Waals surface area contributed by atoms with Crippen molar-refractivity contribution in [1.29, 1.82) is 0 Å². The molecule has 0 unspecified atom stereocenters. The van der Waals surface area contributed by atoms with Crippen LogP contribution >= 0.6 is 15.9 Å². The van der Waals surface area contributed by atoms with E-state index in [1.807, 2.05) is 0 Å². The molecule has 78 valence electrons. The van der Waals surface area contributed by atoms with Gasteiger partial charge in [-0.3, -0.25) is 0 Å². The van der Waals surface area contributed by atoms with Crippen molar-refractivity contribution in [2.24, 2.45) is 5.73 Å². The number of nitrogens with one attached hydrogen (secondary N) is 1. The zero-order valence-corrected chi connectivity index (χ0v) is 9.48. The topological polar surface area (TPSA) is 38.0 Å². The Labute approximate surface area is 91.8 Å². The first-order valence-electron chi connectivity index (χ1n) is 4.58. The quantitative estimate of drug-likeness (QED) is 0.796. The van der Waals surface area contributed by atoms with Crippen molar-refractivity contribution in [3.8, 4) is 0 Å². The van der Waals surface area contributed by atoms with E-state index < -0.39 is 0 Å². The number of hydrogen-bond acceptors (Lipinski definition) is 2. The van der Waals surface area contributed by atoms with E-state index in [0.717, 1.165) is 23.0 Å². The Morgan fingerprint density at radius 3 is 2.93 bits per heavy atom. The van der Waals surface area contributed by atoms with E-state index in [2.05, 4.69) is 21.2 Å². The predicted octanol–water partition coefficient (Wildman–Crippen LogP) is 2.03. The Morgan fingerprint density at radius 1 is 1.43 bits per heavy atom. The summed E-state index contributed by atoms with van der Waals surface area (Å²) in [6, 6.07) is 4.68. The van der Waals surface area contributed by atoms with Gasteiger partial charge in [-0.1, -0.05) is 15.9 Å². The van der Waals surface area contributed by atoms with Crippen molar-refractivity contribution in [3.05, 3.63) is 34.1 Å². The van der Waals surface area contributed by atoms with Gasteiger partial charge in [0.05, 0.1) is 0 Å². The lowest BCUT2D eigenvalue weighted by Gasteiger charge is -2.06. The third-order valence-corrected chi connectivity index (χ3v) is 2.65. The lowest BCUT2D eigenvalue weighted by atomic mass is 10.2. The van der Waals surface area contributed by atoms with Crippen molar-refractivity contribution in [2.45, 2.75) is 13.0 Å². The molecule has 1 rings (SSSR count). The molecule has 0 saturated heterocycles. The minimum atomic E-state index is -0.205. The molecule has 0 saturated carbocycles. The standard InChI is InChI=1S/C10H14BrFN2/c11-10-3-2-9(12)6-8(10)7-14-5-1-4-13/h2-3,6,14H,1,4-5,7,13H2. The van der Waals surface area contributed by atoms with Gasteiger partial charge in [-0.15, -0.1) is 0 Å². The average molecular weight is 261 g/mol. The van der Waals surface area contributed by atoms with Crippen LogP contribution in [0, 0.1) is 5.82 Å². The van der Waals surface area contributed by atoms with Crippen LogP contribution in [0.5, 0.6) is 0 Å². The van der Waals surface area contributed by atoms with E-state index in [-0.39, 0.29) is 5.82 Å². The van der Waals surface area contributed by atoms with Gasteiger partial charge < -0.3 is 11.1 Å². The van der Waals surface area contributed by atoms with Crippen LogP contribution in [0.2, 0.25) is 0 Å². The predicted molar refractivity (Wildman–Crippen MR) is 59.5 cm³/mol. The average Bonchev–Trinajstić information content (AvgIpc) is 2.18. The lowest BCUT2D eigenvalue weighted by Crippen LogP contribution is -2.18. The third kappa shape index (κ3) is 3.74. The van der Waals surface area contributed by atoms with Crippen LogP contribution < -0.4 is 11.1 Å². The van der Waals surface area contributed by atoms with Crippen LogP contribution in [-0.4, -0.2) is 13.1 Å². The molecule has 0 aliphatic heterocycles.